The Balaban J connectivity index is 3.00. The summed E-state index contributed by atoms with van der Waals surface area (Å²) in [6.07, 6.45) is 0.519. The number of anilines is 1. The summed E-state index contributed by atoms with van der Waals surface area (Å²) in [4.78, 5) is 0. The summed E-state index contributed by atoms with van der Waals surface area (Å²) in [5.74, 6) is 0. The summed E-state index contributed by atoms with van der Waals surface area (Å²) in [7, 11) is -2.63. The normalized spacial score (nSPS) is 15.0. The third kappa shape index (κ3) is 2.37. The maximum absolute atomic E-state index is 12.2. The van der Waals surface area contributed by atoms with Gasteiger partial charge in [-0.3, -0.25) is 4.57 Å². The Morgan fingerprint density at radius 1 is 1.29 bits per heavy atom. The van der Waals surface area contributed by atoms with E-state index >= 15 is 0 Å². The van der Waals surface area contributed by atoms with Gasteiger partial charge < -0.3 is 10.3 Å². The van der Waals surface area contributed by atoms with Crippen LogP contribution in [0.5, 0.6) is 0 Å². The van der Waals surface area contributed by atoms with E-state index in [-0.39, 0.29) is 0 Å². The van der Waals surface area contributed by atoms with Gasteiger partial charge in [0.05, 0.1) is 6.61 Å². The maximum Gasteiger partial charge on any atom is 0.231 e. The monoisotopic (exact) mass is 213 g/mol. The number of rotatable bonds is 4. The lowest BCUT2D eigenvalue weighted by molar-refractivity contribution is 0.341. The van der Waals surface area contributed by atoms with E-state index in [4.69, 9.17) is 10.3 Å². The first-order valence-corrected chi connectivity index (χ1v) is 6.53. The molecule has 0 saturated heterocycles. The van der Waals surface area contributed by atoms with E-state index in [0.717, 1.165) is 5.30 Å². The lowest BCUT2D eigenvalue weighted by atomic mass is 10.3. The summed E-state index contributed by atoms with van der Waals surface area (Å²) in [5, 5.41) is 0.746. The topological polar surface area (TPSA) is 52.3 Å². The summed E-state index contributed by atoms with van der Waals surface area (Å²) < 4.78 is 17.6. The number of hydrogen-bond donors (Lipinski definition) is 1. The van der Waals surface area contributed by atoms with Crippen molar-refractivity contribution in [3.8, 4) is 0 Å². The first-order chi connectivity index (χ1) is 6.62. The zero-order chi connectivity index (χ0) is 10.6. The fourth-order valence-corrected chi connectivity index (χ4v) is 2.98. The molecule has 78 valence electrons. The fraction of sp³-hybridized carbons (Fsp3) is 0.400. The van der Waals surface area contributed by atoms with Gasteiger partial charge >= 0.3 is 0 Å². The average molecular weight is 213 g/mol. The van der Waals surface area contributed by atoms with E-state index in [2.05, 4.69) is 0 Å². The number of nitrogen functional groups attached to an aromatic ring is 1. The number of nitrogens with two attached hydrogens (primary N) is 1. The predicted molar refractivity (Wildman–Crippen MR) is 60.3 cm³/mol. The lowest BCUT2D eigenvalue weighted by Gasteiger charge is -2.15. The molecule has 0 aliphatic heterocycles. The molecule has 2 N–H and O–H groups in total. The van der Waals surface area contributed by atoms with Crippen molar-refractivity contribution in [3.05, 3.63) is 24.3 Å². The Morgan fingerprint density at radius 2 is 1.86 bits per heavy atom. The molecule has 1 rings (SSSR count). The quantitative estimate of drug-likeness (QED) is 0.616. The van der Waals surface area contributed by atoms with Crippen LogP contribution in [0.15, 0.2) is 24.3 Å². The van der Waals surface area contributed by atoms with Gasteiger partial charge in [0.15, 0.2) is 0 Å². The highest BCUT2D eigenvalue weighted by Gasteiger charge is 2.22. The standard InChI is InChI=1S/C10H16NO2P/c1-3-13-14(12,4-2)10-7-5-9(11)6-8-10/h5-8H,3-4,11H2,1-2H3/t14-/m0/s1. The molecule has 0 spiro atoms. The molecular weight excluding hydrogens is 197 g/mol. The maximum atomic E-state index is 12.2. The van der Waals surface area contributed by atoms with Crippen LogP contribution in [0.4, 0.5) is 5.69 Å². The predicted octanol–water partition coefficient (Wildman–Crippen LogP) is 2.23. The Morgan fingerprint density at radius 3 is 2.29 bits per heavy atom. The molecule has 1 aromatic rings. The van der Waals surface area contributed by atoms with E-state index in [1.807, 2.05) is 13.8 Å². The van der Waals surface area contributed by atoms with E-state index in [1.54, 1.807) is 24.3 Å². The van der Waals surface area contributed by atoms with E-state index < -0.39 is 7.37 Å². The first kappa shape index (κ1) is 11.3. The summed E-state index contributed by atoms with van der Waals surface area (Å²) in [6, 6.07) is 7.04. The van der Waals surface area contributed by atoms with Gasteiger partial charge in [-0.25, -0.2) is 0 Å². The minimum absolute atomic E-state index is 0.468. The van der Waals surface area contributed by atoms with Gasteiger partial charge in [-0.1, -0.05) is 6.92 Å². The minimum Gasteiger partial charge on any atom is -0.399 e. The zero-order valence-electron chi connectivity index (χ0n) is 8.56. The fourth-order valence-electron chi connectivity index (χ4n) is 1.26. The van der Waals surface area contributed by atoms with Crippen molar-refractivity contribution in [1.82, 2.24) is 0 Å². The highest BCUT2D eigenvalue weighted by atomic mass is 31.2. The second kappa shape index (κ2) is 4.63. The first-order valence-electron chi connectivity index (χ1n) is 4.72. The molecule has 0 aliphatic carbocycles. The second-order valence-electron chi connectivity index (χ2n) is 3.00. The van der Waals surface area contributed by atoms with Gasteiger partial charge in [0.25, 0.3) is 0 Å². The van der Waals surface area contributed by atoms with E-state index in [0.29, 0.717) is 18.5 Å². The third-order valence-corrected chi connectivity index (χ3v) is 4.63. The van der Waals surface area contributed by atoms with Crippen LogP contribution < -0.4 is 11.0 Å². The van der Waals surface area contributed by atoms with Crippen molar-refractivity contribution < 1.29 is 9.09 Å². The molecule has 0 amide bonds. The summed E-state index contributed by atoms with van der Waals surface area (Å²) >= 11 is 0. The van der Waals surface area contributed by atoms with Crippen LogP contribution in [0.1, 0.15) is 13.8 Å². The van der Waals surface area contributed by atoms with Crippen LogP contribution in [0.25, 0.3) is 0 Å². The molecule has 14 heavy (non-hydrogen) atoms. The number of benzene rings is 1. The van der Waals surface area contributed by atoms with Crippen LogP contribution in [0.2, 0.25) is 0 Å². The minimum atomic E-state index is -2.63. The van der Waals surface area contributed by atoms with Gasteiger partial charge in [-0.05, 0) is 31.2 Å². The molecule has 0 saturated carbocycles. The Bertz CT molecular complexity index is 334. The van der Waals surface area contributed by atoms with Crippen LogP contribution in [-0.4, -0.2) is 12.8 Å². The lowest BCUT2D eigenvalue weighted by Crippen LogP contribution is -2.09. The Hall–Kier alpha value is -0.790. The molecule has 0 radical (unpaired) electrons. The molecule has 3 nitrogen and oxygen atoms in total. The van der Waals surface area contributed by atoms with Crippen molar-refractivity contribution in [2.24, 2.45) is 0 Å². The molecule has 1 atom stereocenters. The third-order valence-electron chi connectivity index (χ3n) is 2.04. The average Bonchev–Trinajstić information content (AvgIpc) is 2.19. The highest BCUT2D eigenvalue weighted by Crippen LogP contribution is 2.44. The highest BCUT2D eigenvalue weighted by molar-refractivity contribution is 7.66. The largest absolute Gasteiger partial charge is 0.399 e. The Kier molecular flexibility index (Phi) is 3.73. The number of hydrogen-bond acceptors (Lipinski definition) is 3. The van der Waals surface area contributed by atoms with E-state index in [1.165, 1.54) is 0 Å². The van der Waals surface area contributed by atoms with Crippen LogP contribution in [-0.2, 0) is 9.09 Å². The molecule has 0 heterocycles. The Labute approximate surface area is 84.7 Å². The molecule has 0 unspecified atom stereocenters. The van der Waals surface area contributed by atoms with Crippen molar-refractivity contribution in [3.63, 3.8) is 0 Å². The van der Waals surface area contributed by atoms with Crippen LogP contribution in [0, 0.1) is 0 Å². The van der Waals surface area contributed by atoms with Crippen LogP contribution >= 0.6 is 7.37 Å². The van der Waals surface area contributed by atoms with Gasteiger partial charge in [0.2, 0.25) is 7.37 Å². The molecule has 4 heteroatoms. The second-order valence-corrected chi connectivity index (χ2v) is 5.75. The van der Waals surface area contributed by atoms with Gasteiger partial charge in [-0.2, -0.15) is 0 Å². The molecule has 0 aliphatic rings. The molecule has 0 fully saturated rings. The smallest absolute Gasteiger partial charge is 0.231 e. The molecule has 0 bridgehead atoms. The van der Waals surface area contributed by atoms with Crippen molar-refractivity contribution in [2.75, 3.05) is 18.5 Å². The SMILES string of the molecule is CCO[P@@](=O)(CC)c1ccc(N)cc1. The summed E-state index contributed by atoms with van der Waals surface area (Å²) in [6.45, 7) is 4.18. The van der Waals surface area contributed by atoms with Gasteiger partial charge in [0, 0.05) is 17.2 Å². The summed E-state index contributed by atoms with van der Waals surface area (Å²) in [5.41, 5.74) is 6.23. The van der Waals surface area contributed by atoms with Crippen molar-refractivity contribution >= 4 is 18.4 Å². The van der Waals surface area contributed by atoms with Gasteiger partial charge in [0.1, 0.15) is 0 Å². The zero-order valence-corrected chi connectivity index (χ0v) is 9.46. The molecular formula is C10H16NO2P. The molecule has 1 aromatic carbocycles. The van der Waals surface area contributed by atoms with Gasteiger partial charge in [-0.15, -0.1) is 0 Å². The van der Waals surface area contributed by atoms with Crippen molar-refractivity contribution in [1.29, 1.82) is 0 Å². The van der Waals surface area contributed by atoms with E-state index in [9.17, 15) is 4.57 Å². The van der Waals surface area contributed by atoms with Crippen LogP contribution in [0.3, 0.4) is 0 Å². The molecule has 0 aromatic heterocycles. The van der Waals surface area contributed by atoms with Crippen molar-refractivity contribution in [2.45, 2.75) is 13.8 Å².